The van der Waals surface area contributed by atoms with Gasteiger partial charge in [-0.2, -0.15) is 0 Å². The molecule has 0 heterocycles. The average molecular weight is 267 g/mol. The fourth-order valence-corrected chi connectivity index (χ4v) is 1.45. The van der Waals surface area contributed by atoms with Crippen molar-refractivity contribution < 1.29 is 14.0 Å². The van der Waals surface area contributed by atoms with Gasteiger partial charge < -0.3 is 16.4 Å². The monoisotopic (exact) mass is 267 g/mol. The number of rotatable bonds is 7. The van der Waals surface area contributed by atoms with Gasteiger partial charge >= 0.3 is 0 Å². The minimum absolute atomic E-state index is 0.0533. The second-order valence-corrected chi connectivity index (χ2v) is 4.04. The van der Waals surface area contributed by atoms with Crippen molar-refractivity contribution in [3.05, 3.63) is 35.6 Å². The van der Waals surface area contributed by atoms with Crippen LogP contribution >= 0.6 is 0 Å². The molecule has 0 spiro atoms. The Balaban J connectivity index is 2.21. The van der Waals surface area contributed by atoms with Crippen molar-refractivity contribution >= 4 is 11.8 Å². The highest BCUT2D eigenvalue weighted by Gasteiger charge is 2.05. The lowest BCUT2D eigenvalue weighted by Gasteiger charge is -2.06. The maximum Gasteiger partial charge on any atom is 0.239 e. The van der Waals surface area contributed by atoms with Crippen LogP contribution in [0.15, 0.2) is 24.3 Å². The number of nitrogens with two attached hydrogens (primary N) is 1. The summed E-state index contributed by atoms with van der Waals surface area (Å²) in [7, 11) is 0. The van der Waals surface area contributed by atoms with Crippen molar-refractivity contribution in [1.82, 2.24) is 10.6 Å². The highest BCUT2D eigenvalue weighted by molar-refractivity contribution is 5.84. The molecule has 1 aromatic carbocycles. The van der Waals surface area contributed by atoms with Gasteiger partial charge in [0.2, 0.25) is 11.8 Å². The quantitative estimate of drug-likeness (QED) is 0.647. The summed E-state index contributed by atoms with van der Waals surface area (Å²) in [6, 6.07) is 5.98. The summed E-state index contributed by atoms with van der Waals surface area (Å²) >= 11 is 0. The molecule has 104 valence electrons. The number of aryl methyl sites for hydroxylation is 1. The van der Waals surface area contributed by atoms with Crippen LogP contribution in [0.1, 0.15) is 12.0 Å². The van der Waals surface area contributed by atoms with Gasteiger partial charge in [-0.15, -0.1) is 0 Å². The minimum atomic E-state index is -0.301. The third-order valence-electron chi connectivity index (χ3n) is 2.47. The molecule has 1 aromatic rings. The van der Waals surface area contributed by atoms with Crippen LogP contribution in [0.2, 0.25) is 0 Å². The van der Waals surface area contributed by atoms with Crippen LogP contribution in [0.5, 0.6) is 0 Å². The van der Waals surface area contributed by atoms with Crippen molar-refractivity contribution in [1.29, 1.82) is 0 Å². The van der Waals surface area contributed by atoms with Gasteiger partial charge in [0.1, 0.15) is 5.82 Å². The largest absolute Gasteiger partial charge is 0.353 e. The van der Waals surface area contributed by atoms with Gasteiger partial charge in [-0.05, 0) is 24.1 Å². The minimum Gasteiger partial charge on any atom is -0.353 e. The van der Waals surface area contributed by atoms with E-state index in [4.69, 9.17) is 5.73 Å². The van der Waals surface area contributed by atoms with E-state index in [0.717, 1.165) is 5.56 Å². The SMILES string of the molecule is NCCNC(=O)CNC(=O)CCc1ccc(F)cc1. The first-order valence-corrected chi connectivity index (χ1v) is 6.09. The summed E-state index contributed by atoms with van der Waals surface area (Å²) in [4.78, 5) is 22.7. The molecule has 0 atom stereocenters. The molecule has 0 radical (unpaired) electrons. The first-order valence-electron chi connectivity index (χ1n) is 6.09. The van der Waals surface area contributed by atoms with Gasteiger partial charge in [0.05, 0.1) is 6.54 Å². The second-order valence-electron chi connectivity index (χ2n) is 4.04. The normalized spacial score (nSPS) is 10.0. The molecule has 6 heteroatoms. The van der Waals surface area contributed by atoms with E-state index in [2.05, 4.69) is 10.6 Å². The average Bonchev–Trinajstić information content (AvgIpc) is 2.42. The van der Waals surface area contributed by atoms with Crippen molar-refractivity contribution in [2.45, 2.75) is 12.8 Å². The molecule has 0 bridgehead atoms. The maximum atomic E-state index is 12.7. The second kappa shape index (κ2) is 8.20. The first kappa shape index (κ1) is 15.1. The van der Waals surface area contributed by atoms with E-state index in [9.17, 15) is 14.0 Å². The van der Waals surface area contributed by atoms with Crippen LogP contribution < -0.4 is 16.4 Å². The van der Waals surface area contributed by atoms with E-state index < -0.39 is 0 Å². The number of halogens is 1. The summed E-state index contributed by atoms with van der Waals surface area (Å²) in [6.07, 6.45) is 0.770. The summed E-state index contributed by atoms with van der Waals surface area (Å²) < 4.78 is 12.7. The van der Waals surface area contributed by atoms with Gasteiger partial charge in [-0.25, -0.2) is 4.39 Å². The predicted octanol–water partition coefficient (Wildman–Crippen LogP) is -0.0506. The third-order valence-corrected chi connectivity index (χ3v) is 2.47. The molecule has 19 heavy (non-hydrogen) atoms. The molecule has 2 amide bonds. The Morgan fingerprint density at radius 2 is 1.79 bits per heavy atom. The maximum absolute atomic E-state index is 12.7. The summed E-state index contributed by atoms with van der Waals surface area (Å²) in [5.41, 5.74) is 6.11. The Labute approximate surface area is 111 Å². The number of carbonyl (C=O) groups is 2. The van der Waals surface area contributed by atoms with E-state index in [1.54, 1.807) is 12.1 Å². The lowest BCUT2D eigenvalue weighted by atomic mass is 10.1. The number of nitrogens with one attached hydrogen (secondary N) is 2. The number of amides is 2. The molecule has 1 rings (SSSR count). The smallest absolute Gasteiger partial charge is 0.239 e. The van der Waals surface area contributed by atoms with Crippen LogP contribution in [0.4, 0.5) is 4.39 Å². The molecule has 0 aliphatic carbocycles. The molecule has 0 aliphatic heterocycles. The molecule has 0 unspecified atom stereocenters. The fraction of sp³-hybridized carbons (Fsp3) is 0.385. The van der Waals surface area contributed by atoms with Crippen molar-refractivity contribution in [2.24, 2.45) is 5.73 Å². The Morgan fingerprint density at radius 3 is 2.42 bits per heavy atom. The fourth-order valence-electron chi connectivity index (χ4n) is 1.45. The molecule has 5 nitrogen and oxygen atoms in total. The zero-order valence-electron chi connectivity index (χ0n) is 10.6. The van der Waals surface area contributed by atoms with E-state index in [-0.39, 0.29) is 30.6 Å². The molecule has 0 saturated heterocycles. The van der Waals surface area contributed by atoms with Crippen LogP contribution in [-0.2, 0) is 16.0 Å². The zero-order valence-corrected chi connectivity index (χ0v) is 10.6. The summed E-state index contributed by atoms with van der Waals surface area (Å²) in [5, 5.41) is 5.05. The zero-order chi connectivity index (χ0) is 14.1. The van der Waals surface area contributed by atoms with E-state index in [1.165, 1.54) is 12.1 Å². The van der Waals surface area contributed by atoms with E-state index >= 15 is 0 Å². The van der Waals surface area contributed by atoms with Gasteiger partial charge in [-0.3, -0.25) is 9.59 Å². The van der Waals surface area contributed by atoms with Crippen LogP contribution in [-0.4, -0.2) is 31.4 Å². The van der Waals surface area contributed by atoms with Crippen LogP contribution in [0, 0.1) is 5.82 Å². The lowest BCUT2D eigenvalue weighted by Crippen LogP contribution is -2.38. The third kappa shape index (κ3) is 6.52. The predicted molar refractivity (Wildman–Crippen MR) is 69.8 cm³/mol. The van der Waals surface area contributed by atoms with E-state index in [1.807, 2.05) is 0 Å². The molecule has 4 N–H and O–H groups in total. The van der Waals surface area contributed by atoms with Crippen molar-refractivity contribution in [3.63, 3.8) is 0 Å². The van der Waals surface area contributed by atoms with Crippen molar-refractivity contribution in [3.8, 4) is 0 Å². The Hall–Kier alpha value is -1.95. The molecular weight excluding hydrogens is 249 g/mol. The first-order chi connectivity index (χ1) is 9.11. The Morgan fingerprint density at radius 1 is 1.11 bits per heavy atom. The molecule has 0 saturated carbocycles. The van der Waals surface area contributed by atoms with Crippen LogP contribution in [0.3, 0.4) is 0 Å². The van der Waals surface area contributed by atoms with Gasteiger partial charge in [0.15, 0.2) is 0 Å². The molecule has 0 aromatic heterocycles. The summed E-state index contributed by atoms with van der Waals surface area (Å²) in [5.74, 6) is -0.780. The lowest BCUT2D eigenvalue weighted by molar-refractivity contribution is -0.126. The van der Waals surface area contributed by atoms with Gasteiger partial charge in [-0.1, -0.05) is 12.1 Å². The van der Waals surface area contributed by atoms with Gasteiger partial charge in [0.25, 0.3) is 0 Å². The highest BCUT2D eigenvalue weighted by atomic mass is 19.1. The molecule has 0 fully saturated rings. The standard InChI is InChI=1S/C13H18FN3O2/c14-11-4-1-10(2-5-11)3-6-12(18)17-9-13(19)16-8-7-15/h1-2,4-5H,3,6-9,15H2,(H,16,19)(H,17,18). The Kier molecular flexibility index (Phi) is 6.52. The van der Waals surface area contributed by atoms with Gasteiger partial charge in [0, 0.05) is 19.5 Å². The molecule has 0 aliphatic rings. The number of hydrogen-bond acceptors (Lipinski definition) is 3. The highest BCUT2D eigenvalue weighted by Crippen LogP contribution is 2.05. The summed E-state index contributed by atoms with van der Waals surface area (Å²) in [6.45, 7) is 0.705. The van der Waals surface area contributed by atoms with E-state index in [0.29, 0.717) is 19.5 Å². The van der Waals surface area contributed by atoms with Crippen molar-refractivity contribution in [2.75, 3.05) is 19.6 Å². The van der Waals surface area contributed by atoms with Crippen LogP contribution in [0.25, 0.3) is 0 Å². The number of benzene rings is 1. The number of carbonyl (C=O) groups excluding carboxylic acids is 2. The Bertz CT molecular complexity index is 420. The molecular formula is C13H18FN3O2. The topological polar surface area (TPSA) is 84.2 Å². The number of hydrogen-bond donors (Lipinski definition) is 3.